The highest BCUT2D eigenvalue weighted by atomic mass is 16.5. The maximum atomic E-state index is 5.48. The van der Waals surface area contributed by atoms with Gasteiger partial charge in [-0.1, -0.05) is 35.5 Å². The predicted molar refractivity (Wildman–Crippen MR) is 96.4 cm³/mol. The second-order valence-electron chi connectivity index (χ2n) is 6.79. The molecule has 1 saturated heterocycles. The molecule has 0 radical (unpaired) electrons. The molecular formula is C19H28N4O2. The van der Waals surface area contributed by atoms with Crippen LogP contribution in [0.3, 0.4) is 0 Å². The molecule has 1 aromatic carbocycles. The van der Waals surface area contributed by atoms with Gasteiger partial charge >= 0.3 is 0 Å². The molecule has 0 N–H and O–H groups in total. The van der Waals surface area contributed by atoms with Gasteiger partial charge in [-0.25, -0.2) is 0 Å². The minimum Gasteiger partial charge on any atom is -0.383 e. The number of likely N-dealkylation sites (N-methyl/N-ethyl adjacent to an activating group) is 1. The third kappa shape index (κ3) is 5.36. The molecule has 6 nitrogen and oxygen atoms in total. The van der Waals surface area contributed by atoms with Gasteiger partial charge in [0.1, 0.15) is 0 Å². The van der Waals surface area contributed by atoms with E-state index in [1.54, 1.807) is 7.11 Å². The average molecular weight is 344 g/mol. The number of nitrogens with zero attached hydrogens (tertiary/aromatic N) is 4. The predicted octanol–water partition coefficient (Wildman–Crippen LogP) is 2.20. The van der Waals surface area contributed by atoms with E-state index in [0.29, 0.717) is 12.5 Å². The van der Waals surface area contributed by atoms with Crippen molar-refractivity contribution in [3.8, 4) is 0 Å². The Morgan fingerprint density at radius 2 is 2.16 bits per heavy atom. The van der Waals surface area contributed by atoms with Gasteiger partial charge in [0.15, 0.2) is 5.82 Å². The van der Waals surface area contributed by atoms with E-state index in [-0.39, 0.29) is 0 Å². The Labute approximate surface area is 149 Å². The Balaban J connectivity index is 1.53. The van der Waals surface area contributed by atoms with Crippen LogP contribution in [0.1, 0.15) is 30.1 Å². The summed E-state index contributed by atoms with van der Waals surface area (Å²) in [6.07, 6.45) is 3.17. The molecule has 0 amide bonds. The molecule has 136 valence electrons. The van der Waals surface area contributed by atoms with Gasteiger partial charge in [0.25, 0.3) is 0 Å². The van der Waals surface area contributed by atoms with Crippen molar-refractivity contribution in [2.75, 3.05) is 40.4 Å². The Morgan fingerprint density at radius 3 is 2.96 bits per heavy atom. The summed E-state index contributed by atoms with van der Waals surface area (Å²) in [6.45, 7) is 4.62. The molecule has 2 heterocycles. The summed E-state index contributed by atoms with van der Waals surface area (Å²) in [5.41, 5.74) is 1.20. The van der Waals surface area contributed by atoms with Gasteiger partial charge in [0.05, 0.1) is 13.2 Å². The van der Waals surface area contributed by atoms with E-state index in [2.05, 4.69) is 39.1 Å². The Kier molecular flexibility index (Phi) is 6.55. The van der Waals surface area contributed by atoms with Crippen LogP contribution in [0.15, 0.2) is 34.9 Å². The molecule has 2 aromatic rings. The smallest absolute Gasteiger partial charge is 0.240 e. The molecule has 1 unspecified atom stereocenters. The van der Waals surface area contributed by atoms with Crippen LogP contribution in [-0.4, -0.2) is 66.4 Å². The van der Waals surface area contributed by atoms with Crippen LogP contribution in [0, 0.1) is 0 Å². The van der Waals surface area contributed by atoms with Crippen molar-refractivity contribution in [2.24, 2.45) is 0 Å². The Bertz CT molecular complexity index is 631. The first-order chi connectivity index (χ1) is 12.2. The van der Waals surface area contributed by atoms with Crippen LogP contribution in [0.4, 0.5) is 0 Å². The van der Waals surface area contributed by atoms with Crippen LogP contribution in [0.2, 0.25) is 0 Å². The van der Waals surface area contributed by atoms with Gasteiger partial charge in [0, 0.05) is 32.7 Å². The van der Waals surface area contributed by atoms with E-state index in [9.17, 15) is 0 Å². The summed E-state index contributed by atoms with van der Waals surface area (Å²) in [5.74, 6) is 1.48. The summed E-state index contributed by atoms with van der Waals surface area (Å²) < 4.78 is 10.6. The second kappa shape index (κ2) is 9.08. The average Bonchev–Trinajstić information content (AvgIpc) is 3.24. The fraction of sp³-hybridized carbons (Fsp3) is 0.579. The molecule has 1 aliphatic rings. The fourth-order valence-electron chi connectivity index (χ4n) is 3.39. The summed E-state index contributed by atoms with van der Waals surface area (Å²) in [7, 11) is 3.90. The number of methoxy groups -OCH3 is 1. The number of rotatable bonds is 9. The molecule has 0 bridgehead atoms. The van der Waals surface area contributed by atoms with E-state index in [0.717, 1.165) is 44.5 Å². The number of likely N-dealkylation sites (tertiary alicyclic amines) is 1. The summed E-state index contributed by atoms with van der Waals surface area (Å²) in [6, 6.07) is 10.8. The third-order valence-electron chi connectivity index (χ3n) is 4.75. The van der Waals surface area contributed by atoms with Gasteiger partial charge in [-0.05, 0) is 32.0 Å². The molecule has 1 aromatic heterocycles. The number of ether oxygens (including phenoxy) is 1. The lowest BCUT2D eigenvalue weighted by atomic mass is 10.1. The van der Waals surface area contributed by atoms with Crippen molar-refractivity contribution in [3.05, 3.63) is 47.6 Å². The zero-order valence-electron chi connectivity index (χ0n) is 15.2. The first kappa shape index (κ1) is 18.0. The van der Waals surface area contributed by atoms with Crippen molar-refractivity contribution in [1.82, 2.24) is 19.9 Å². The first-order valence-corrected chi connectivity index (χ1v) is 9.01. The van der Waals surface area contributed by atoms with Gasteiger partial charge in [-0.15, -0.1) is 0 Å². The number of hydrogen-bond donors (Lipinski definition) is 0. The van der Waals surface area contributed by atoms with Crippen LogP contribution in [-0.2, 0) is 17.7 Å². The van der Waals surface area contributed by atoms with Crippen LogP contribution in [0.25, 0.3) is 0 Å². The molecule has 6 heteroatoms. The van der Waals surface area contributed by atoms with Gasteiger partial charge in [-0.2, -0.15) is 4.98 Å². The Hall–Kier alpha value is -1.76. The molecule has 0 saturated carbocycles. The van der Waals surface area contributed by atoms with E-state index < -0.39 is 0 Å². The van der Waals surface area contributed by atoms with E-state index in [1.807, 2.05) is 18.2 Å². The second-order valence-corrected chi connectivity index (χ2v) is 6.79. The summed E-state index contributed by atoms with van der Waals surface area (Å²) >= 11 is 0. The van der Waals surface area contributed by atoms with E-state index >= 15 is 0 Å². The van der Waals surface area contributed by atoms with Crippen molar-refractivity contribution in [3.63, 3.8) is 0 Å². The highest BCUT2D eigenvalue weighted by Gasteiger charge is 2.27. The highest BCUT2D eigenvalue weighted by molar-refractivity contribution is 5.18. The van der Waals surface area contributed by atoms with E-state index in [4.69, 9.17) is 9.26 Å². The maximum Gasteiger partial charge on any atom is 0.240 e. The number of hydrogen-bond acceptors (Lipinski definition) is 6. The molecule has 0 spiro atoms. The van der Waals surface area contributed by atoms with Crippen molar-refractivity contribution in [2.45, 2.75) is 31.8 Å². The monoisotopic (exact) mass is 344 g/mol. The van der Waals surface area contributed by atoms with Gasteiger partial charge < -0.3 is 14.2 Å². The fourth-order valence-corrected chi connectivity index (χ4v) is 3.39. The van der Waals surface area contributed by atoms with Gasteiger partial charge in [-0.3, -0.25) is 4.90 Å². The molecule has 25 heavy (non-hydrogen) atoms. The summed E-state index contributed by atoms with van der Waals surface area (Å²) in [5, 5.41) is 4.14. The first-order valence-electron chi connectivity index (χ1n) is 9.01. The maximum absolute atomic E-state index is 5.48. The Morgan fingerprint density at radius 1 is 1.32 bits per heavy atom. The molecule has 1 fully saturated rings. The largest absolute Gasteiger partial charge is 0.383 e. The molecule has 0 aliphatic carbocycles. The minimum atomic E-state index is 0.548. The SMILES string of the molecule is COCCN(C)CC1CCCN1Cc1nc(Cc2ccccc2)no1. The minimum absolute atomic E-state index is 0.548. The lowest BCUT2D eigenvalue weighted by Gasteiger charge is -2.27. The highest BCUT2D eigenvalue weighted by Crippen LogP contribution is 2.20. The van der Waals surface area contributed by atoms with Crippen LogP contribution in [0.5, 0.6) is 0 Å². The zero-order valence-corrected chi connectivity index (χ0v) is 15.2. The normalized spacial score (nSPS) is 18.3. The molecule has 3 rings (SSSR count). The quantitative estimate of drug-likeness (QED) is 0.695. The van der Waals surface area contributed by atoms with E-state index in [1.165, 1.54) is 18.4 Å². The lowest BCUT2D eigenvalue weighted by molar-refractivity contribution is 0.131. The standard InChI is InChI=1S/C19H28N4O2/c1-22(11-12-24-2)14-17-9-6-10-23(17)15-19-20-18(21-25-19)13-16-7-4-3-5-8-16/h3-5,7-8,17H,6,9-15H2,1-2H3. The van der Waals surface area contributed by atoms with Crippen molar-refractivity contribution in [1.29, 1.82) is 0 Å². The summed E-state index contributed by atoms with van der Waals surface area (Å²) in [4.78, 5) is 9.38. The number of aromatic nitrogens is 2. The van der Waals surface area contributed by atoms with Crippen molar-refractivity contribution >= 4 is 0 Å². The topological polar surface area (TPSA) is 54.6 Å². The molecule has 1 atom stereocenters. The molecule has 1 aliphatic heterocycles. The molecular weight excluding hydrogens is 316 g/mol. The lowest BCUT2D eigenvalue weighted by Crippen LogP contribution is -2.39. The van der Waals surface area contributed by atoms with Crippen LogP contribution < -0.4 is 0 Å². The zero-order chi connectivity index (χ0) is 17.5. The van der Waals surface area contributed by atoms with Crippen molar-refractivity contribution < 1.29 is 9.26 Å². The third-order valence-corrected chi connectivity index (χ3v) is 4.75. The van der Waals surface area contributed by atoms with Crippen LogP contribution >= 0.6 is 0 Å². The number of benzene rings is 1. The van der Waals surface area contributed by atoms with Gasteiger partial charge in [0.2, 0.25) is 5.89 Å².